The molecule has 1 atom stereocenters. The van der Waals surface area contributed by atoms with Crippen LogP contribution in [0.3, 0.4) is 0 Å². The van der Waals surface area contributed by atoms with Crippen molar-refractivity contribution in [2.75, 3.05) is 26.5 Å². The van der Waals surface area contributed by atoms with Crippen LogP contribution in [0.2, 0.25) is 0 Å². The summed E-state index contributed by atoms with van der Waals surface area (Å²) in [5.41, 5.74) is 2.05. The molecule has 6 nitrogen and oxygen atoms in total. The van der Waals surface area contributed by atoms with E-state index in [2.05, 4.69) is 5.32 Å². The molecule has 0 fully saturated rings. The lowest BCUT2D eigenvalue weighted by Gasteiger charge is -2.30. The molecule has 2 aromatic carbocycles. The number of rotatable bonds is 13. The third-order valence-electron chi connectivity index (χ3n) is 5.08. The van der Waals surface area contributed by atoms with Gasteiger partial charge in [0.2, 0.25) is 11.8 Å². The van der Waals surface area contributed by atoms with Gasteiger partial charge in [0, 0.05) is 18.8 Å². The topological polar surface area (TPSA) is 67.9 Å². The highest BCUT2D eigenvalue weighted by molar-refractivity contribution is 7.99. The van der Waals surface area contributed by atoms with E-state index >= 15 is 0 Å². The van der Waals surface area contributed by atoms with E-state index in [1.54, 1.807) is 30.9 Å². The summed E-state index contributed by atoms with van der Waals surface area (Å²) in [6.45, 7) is 4.91. The predicted molar refractivity (Wildman–Crippen MR) is 130 cm³/mol. The second-order valence-corrected chi connectivity index (χ2v) is 8.41. The maximum absolute atomic E-state index is 13.2. The first-order chi connectivity index (χ1) is 15.5. The van der Waals surface area contributed by atoms with Gasteiger partial charge in [0.05, 0.1) is 20.0 Å². The molecule has 32 heavy (non-hydrogen) atoms. The van der Waals surface area contributed by atoms with E-state index in [1.165, 1.54) is 0 Å². The fourth-order valence-corrected chi connectivity index (χ4v) is 4.18. The Bertz CT molecular complexity index is 857. The number of ether oxygens (including phenoxy) is 2. The third kappa shape index (κ3) is 7.79. The minimum Gasteiger partial charge on any atom is -0.497 e. The Labute approximate surface area is 195 Å². The molecule has 1 N–H and O–H groups in total. The molecule has 2 amide bonds. The predicted octanol–water partition coefficient (Wildman–Crippen LogP) is 4.27. The van der Waals surface area contributed by atoms with Gasteiger partial charge in [0.15, 0.2) is 0 Å². The van der Waals surface area contributed by atoms with Crippen LogP contribution >= 0.6 is 11.8 Å². The second-order valence-electron chi connectivity index (χ2n) is 7.43. The lowest BCUT2D eigenvalue weighted by atomic mass is 10.1. The van der Waals surface area contributed by atoms with Gasteiger partial charge in [-0.05, 0) is 48.2 Å². The number of methoxy groups -OCH3 is 2. The second kappa shape index (κ2) is 13.7. The van der Waals surface area contributed by atoms with Gasteiger partial charge >= 0.3 is 0 Å². The van der Waals surface area contributed by atoms with Crippen molar-refractivity contribution in [2.45, 2.75) is 45.0 Å². The molecule has 0 spiro atoms. The van der Waals surface area contributed by atoms with E-state index in [1.807, 2.05) is 62.4 Å². The highest BCUT2D eigenvalue weighted by Crippen LogP contribution is 2.20. The van der Waals surface area contributed by atoms with Gasteiger partial charge in [-0.1, -0.05) is 38.1 Å². The molecule has 0 heterocycles. The summed E-state index contributed by atoms with van der Waals surface area (Å²) in [7, 11) is 3.25. The smallest absolute Gasteiger partial charge is 0.242 e. The zero-order valence-electron chi connectivity index (χ0n) is 19.4. The third-order valence-corrected chi connectivity index (χ3v) is 6.06. The first-order valence-electron chi connectivity index (χ1n) is 10.9. The number of hydrogen-bond donors (Lipinski definition) is 1. The maximum atomic E-state index is 13.2. The molecular formula is C25H34N2O4S. The van der Waals surface area contributed by atoms with Crippen LogP contribution in [0.25, 0.3) is 0 Å². The number of benzene rings is 2. The van der Waals surface area contributed by atoms with Crippen LogP contribution in [0.15, 0.2) is 48.5 Å². The fourth-order valence-electron chi connectivity index (χ4n) is 3.31. The maximum Gasteiger partial charge on any atom is 0.242 e. The summed E-state index contributed by atoms with van der Waals surface area (Å²) < 4.78 is 10.5. The van der Waals surface area contributed by atoms with Gasteiger partial charge in [-0.2, -0.15) is 0 Å². The number of hydrogen-bond acceptors (Lipinski definition) is 5. The number of nitrogens with one attached hydrogen (secondary N) is 1. The van der Waals surface area contributed by atoms with Gasteiger partial charge in [-0.25, -0.2) is 0 Å². The molecule has 2 rings (SSSR count). The van der Waals surface area contributed by atoms with Crippen LogP contribution in [0.5, 0.6) is 11.5 Å². The number of thioether (sulfide) groups is 1. The van der Waals surface area contributed by atoms with Crippen LogP contribution in [-0.4, -0.2) is 49.3 Å². The van der Waals surface area contributed by atoms with Crippen molar-refractivity contribution in [2.24, 2.45) is 0 Å². The van der Waals surface area contributed by atoms with Crippen LogP contribution in [0.1, 0.15) is 37.8 Å². The summed E-state index contributed by atoms with van der Waals surface area (Å²) in [6.07, 6.45) is 1.40. The first kappa shape index (κ1) is 25.6. The quantitative estimate of drug-likeness (QED) is 0.486. The van der Waals surface area contributed by atoms with Crippen LogP contribution < -0.4 is 14.8 Å². The van der Waals surface area contributed by atoms with Crippen LogP contribution in [-0.2, 0) is 21.9 Å². The Morgan fingerprint density at radius 1 is 1.00 bits per heavy atom. The lowest BCUT2D eigenvalue weighted by molar-refractivity contribution is -0.139. The van der Waals surface area contributed by atoms with E-state index < -0.39 is 6.04 Å². The Morgan fingerprint density at radius 2 is 1.72 bits per heavy atom. The van der Waals surface area contributed by atoms with Gasteiger partial charge in [0.1, 0.15) is 17.5 Å². The number of carbonyl (C=O) groups is 2. The van der Waals surface area contributed by atoms with E-state index in [-0.39, 0.29) is 11.8 Å². The zero-order valence-corrected chi connectivity index (χ0v) is 20.2. The largest absolute Gasteiger partial charge is 0.497 e. The normalized spacial score (nSPS) is 11.5. The molecule has 0 saturated heterocycles. The summed E-state index contributed by atoms with van der Waals surface area (Å²) in [5, 5.41) is 2.94. The van der Waals surface area contributed by atoms with Gasteiger partial charge < -0.3 is 19.7 Å². The SMILES string of the molecule is CCCNC(=O)[C@H](CC)N(Cc1cccc(OC)c1)C(=O)CSCc1ccc(OC)cc1. The zero-order chi connectivity index (χ0) is 23.3. The molecule has 0 aliphatic rings. The molecular weight excluding hydrogens is 424 g/mol. The van der Waals surface area contributed by atoms with Crippen molar-refractivity contribution in [1.82, 2.24) is 10.2 Å². The van der Waals surface area contributed by atoms with Crippen molar-refractivity contribution in [3.63, 3.8) is 0 Å². The molecule has 2 aromatic rings. The van der Waals surface area contributed by atoms with Gasteiger partial charge in [-0.15, -0.1) is 11.8 Å². The Balaban J connectivity index is 2.11. The first-order valence-corrected chi connectivity index (χ1v) is 12.1. The van der Waals surface area contributed by atoms with E-state index in [0.29, 0.717) is 31.0 Å². The van der Waals surface area contributed by atoms with Crippen molar-refractivity contribution < 1.29 is 19.1 Å². The molecule has 0 bridgehead atoms. The fraction of sp³-hybridized carbons (Fsp3) is 0.440. The Hall–Kier alpha value is -2.67. The Kier molecular flexibility index (Phi) is 10.9. The standard InChI is InChI=1S/C25H34N2O4S/c1-5-14-26-25(29)23(6-2)27(16-20-8-7-9-22(15-20)31-4)24(28)18-32-17-19-10-12-21(30-3)13-11-19/h7-13,15,23H,5-6,14,16-18H2,1-4H3,(H,26,29)/t23-/m0/s1. The summed E-state index contributed by atoms with van der Waals surface area (Å²) in [5.74, 6) is 2.39. The molecule has 0 saturated carbocycles. The Morgan fingerprint density at radius 3 is 2.34 bits per heavy atom. The molecule has 0 aliphatic carbocycles. The van der Waals surface area contributed by atoms with Crippen molar-refractivity contribution in [3.8, 4) is 11.5 Å². The highest BCUT2D eigenvalue weighted by atomic mass is 32.2. The average molecular weight is 459 g/mol. The lowest BCUT2D eigenvalue weighted by Crippen LogP contribution is -2.49. The monoisotopic (exact) mass is 458 g/mol. The minimum absolute atomic E-state index is 0.0511. The number of carbonyl (C=O) groups excluding carboxylic acids is 2. The van der Waals surface area contributed by atoms with Gasteiger partial charge in [0.25, 0.3) is 0 Å². The molecule has 0 unspecified atom stereocenters. The molecule has 0 aromatic heterocycles. The summed E-state index contributed by atoms with van der Waals surface area (Å²) in [6, 6.07) is 14.9. The van der Waals surface area contributed by atoms with Crippen molar-refractivity contribution in [3.05, 3.63) is 59.7 Å². The molecule has 0 radical (unpaired) electrons. The van der Waals surface area contributed by atoms with Crippen LogP contribution in [0, 0.1) is 0 Å². The van der Waals surface area contributed by atoms with Crippen LogP contribution in [0.4, 0.5) is 0 Å². The van der Waals surface area contributed by atoms with E-state index in [0.717, 1.165) is 29.0 Å². The van der Waals surface area contributed by atoms with Crippen molar-refractivity contribution >= 4 is 23.6 Å². The number of nitrogens with zero attached hydrogens (tertiary/aromatic N) is 1. The summed E-state index contributed by atoms with van der Waals surface area (Å²) >= 11 is 1.54. The highest BCUT2D eigenvalue weighted by Gasteiger charge is 2.28. The van der Waals surface area contributed by atoms with E-state index in [9.17, 15) is 9.59 Å². The molecule has 174 valence electrons. The minimum atomic E-state index is -0.512. The summed E-state index contributed by atoms with van der Waals surface area (Å²) in [4.78, 5) is 27.7. The van der Waals surface area contributed by atoms with Crippen molar-refractivity contribution in [1.29, 1.82) is 0 Å². The average Bonchev–Trinajstić information content (AvgIpc) is 2.83. The number of amides is 2. The van der Waals surface area contributed by atoms with Gasteiger partial charge in [-0.3, -0.25) is 9.59 Å². The van der Waals surface area contributed by atoms with E-state index in [4.69, 9.17) is 9.47 Å². The molecule has 7 heteroatoms. The molecule has 0 aliphatic heterocycles.